The molecule has 0 aliphatic rings. The molecule has 0 amide bonds. The van der Waals surface area contributed by atoms with Crippen LogP contribution in [0.5, 0.6) is 0 Å². The Kier molecular flexibility index (Phi) is 3.52. The highest BCUT2D eigenvalue weighted by Crippen LogP contribution is 2.19. The molecule has 74 valence electrons. The molecule has 0 spiro atoms. The van der Waals surface area contributed by atoms with E-state index in [0.29, 0.717) is 0 Å². The Hall–Kier alpha value is -0.790. The molecule has 0 N–H and O–H groups in total. The van der Waals surface area contributed by atoms with E-state index in [2.05, 4.69) is 37.4 Å². The summed E-state index contributed by atoms with van der Waals surface area (Å²) in [6.45, 7) is 6.86. The summed E-state index contributed by atoms with van der Waals surface area (Å²) in [5, 5.41) is 0. The average Bonchev–Trinajstić information content (AvgIpc) is 2.46. The van der Waals surface area contributed by atoms with Gasteiger partial charge in [-0.2, -0.15) is 0 Å². The number of aryl methyl sites for hydroxylation is 1. The Morgan fingerprint density at radius 3 is 2.54 bits per heavy atom. The topological polar surface area (TPSA) is 17.8 Å². The molecule has 0 fully saturated rings. The third kappa shape index (κ3) is 2.58. The molecule has 0 bridgehead atoms. The number of nitrogens with zero attached hydrogens (tertiary/aromatic N) is 2. The highest BCUT2D eigenvalue weighted by atomic mass is 15.0. The van der Waals surface area contributed by atoms with Crippen LogP contribution in [-0.4, -0.2) is 9.55 Å². The lowest BCUT2D eigenvalue weighted by molar-refractivity contribution is 0.365. The van der Waals surface area contributed by atoms with Crippen molar-refractivity contribution in [3.63, 3.8) is 0 Å². The Labute approximate surface area is 81.0 Å². The highest BCUT2D eigenvalue weighted by Gasteiger charge is 2.13. The van der Waals surface area contributed by atoms with Gasteiger partial charge in [-0.25, -0.2) is 4.98 Å². The molecule has 1 aromatic heterocycles. The van der Waals surface area contributed by atoms with E-state index in [1.165, 1.54) is 12.1 Å². The number of hydrogen-bond donors (Lipinski definition) is 0. The van der Waals surface area contributed by atoms with Crippen molar-refractivity contribution in [3.05, 3.63) is 18.2 Å². The summed E-state index contributed by atoms with van der Waals surface area (Å²) in [5.74, 6) is 1.55. The normalized spacial score (nSPS) is 13.6. The Bertz CT molecular complexity index is 250. The zero-order valence-electron chi connectivity index (χ0n) is 9.12. The smallest absolute Gasteiger partial charge is 0.0945 e. The SMILES string of the molecule is CCC(Cc1cncn1C)C(C)C. The Balaban J connectivity index is 2.62. The molecule has 0 aliphatic carbocycles. The van der Waals surface area contributed by atoms with Crippen LogP contribution < -0.4 is 0 Å². The van der Waals surface area contributed by atoms with Gasteiger partial charge in [-0.3, -0.25) is 0 Å². The van der Waals surface area contributed by atoms with Gasteiger partial charge in [0.1, 0.15) is 0 Å². The summed E-state index contributed by atoms with van der Waals surface area (Å²) in [5.41, 5.74) is 1.35. The number of rotatable bonds is 4. The monoisotopic (exact) mass is 180 g/mol. The van der Waals surface area contributed by atoms with Gasteiger partial charge in [0.25, 0.3) is 0 Å². The molecule has 2 heteroatoms. The second-order valence-corrected chi connectivity index (χ2v) is 4.11. The molecule has 1 heterocycles. The van der Waals surface area contributed by atoms with E-state index in [-0.39, 0.29) is 0 Å². The molecule has 13 heavy (non-hydrogen) atoms. The van der Waals surface area contributed by atoms with Gasteiger partial charge in [0.05, 0.1) is 6.33 Å². The lowest BCUT2D eigenvalue weighted by atomic mass is 9.89. The van der Waals surface area contributed by atoms with E-state index in [1.807, 2.05) is 12.5 Å². The summed E-state index contributed by atoms with van der Waals surface area (Å²) >= 11 is 0. The van der Waals surface area contributed by atoms with Crippen LogP contribution >= 0.6 is 0 Å². The van der Waals surface area contributed by atoms with Gasteiger partial charge < -0.3 is 4.57 Å². The third-order valence-electron chi connectivity index (χ3n) is 2.85. The van der Waals surface area contributed by atoms with Gasteiger partial charge in [-0.15, -0.1) is 0 Å². The van der Waals surface area contributed by atoms with Crippen molar-refractivity contribution >= 4 is 0 Å². The van der Waals surface area contributed by atoms with Crippen LogP contribution in [0.4, 0.5) is 0 Å². The molecule has 0 saturated carbocycles. The molecular weight excluding hydrogens is 160 g/mol. The van der Waals surface area contributed by atoms with Crippen molar-refractivity contribution in [2.24, 2.45) is 18.9 Å². The van der Waals surface area contributed by atoms with Crippen molar-refractivity contribution in [1.82, 2.24) is 9.55 Å². The van der Waals surface area contributed by atoms with Gasteiger partial charge in [-0.05, 0) is 18.3 Å². The summed E-state index contributed by atoms with van der Waals surface area (Å²) in [6, 6.07) is 0. The van der Waals surface area contributed by atoms with E-state index in [0.717, 1.165) is 18.3 Å². The van der Waals surface area contributed by atoms with Gasteiger partial charge >= 0.3 is 0 Å². The van der Waals surface area contributed by atoms with Gasteiger partial charge in [0.2, 0.25) is 0 Å². The molecule has 1 rings (SSSR count). The predicted octanol–water partition coefficient (Wildman–Crippen LogP) is 2.64. The summed E-state index contributed by atoms with van der Waals surface area (Å²) in [6.07, 6.45) is 6.26. The number of aromatic nitrogens is 2. The molecule has 0 saturated heterocycles. The van der Waals surface area contributed by atoms with Crippen LogP contribution in [0.25, 0.3) is 0 Å². The standard InChI is InChI=1S/C11H20N2/c1-5-10(9(2)3)6-11-7-12-8-13(11)4/h7-10H,5-6H2,1-4H3. The second-order valence-electron chi connectivity index (χ2n) is 4.11. The quantitative estimate of drug-likeness (QED) is 0.696. The van der Waals surface area contributed by atoms with Gasteiger partial charge in [0.15, 0.2) is 0 Å². The predicted molar refractivity (Wildman–Crippen MR) is 55.5 cm³/mol. The van der Waals surface area contributed by atoms with Crippen LogP contribution in [0, 0.1) is 11.8 Å². The lowest BCUT2D eigenvalue weighted by Gasteiger charge is -2.18. The highest BCUT2D eigenvalue weighted by molar-refractivity contribution is 4.99. The van der Waals surface area contributed by atoms with Crippen molar-refractivity contribution in [3.8, 4) is 0 Å². The maximum Gasteiger partial charge on any atom is 0.0945 e. The number of imidazole rings is 1. The summed E-state index contributed by atoms with van der Waals surface area (Å²) in [7, 11) is 2.06. The van der Waals surface area contributed by atoms with Gasteiger partial charge in [-0.1, -0.05) is 27.2 Å². The summed E-state index contributed by atoms with van der Waals surface area (Å²) in [4.78, 5) is 4.13. The maximum atomic E-state index is 4.13. The fourth-order valence-corrected chi connectivity index (χ4v) is 1.70. The second kappa shape index (κ2) is 4.45. The van der Waals surface area contributed by atoms with Crippen LogP contribution in [0.1, 0.15) is 32.9 Å². The molecule has 2 nitrogen and oxygen atoms in total. The van der Waals surface area contributed by atoms with Crippen molar-refractivity contribution < 1.29 is 0 Å². The average molecular weight is 180 g/mol. The molecular formula is C11H20N2. The molecule has 1 atom stereocenters. The van der Waals surface area contributed by atoms with Crippen LogP contribution in [-0.2, 0) is 13.5 Å². The van der Waals surface area contributed by atoms with Crippen molar-refractivity contribution in [1.29, 1.82) is 0 Å². The van der Waals surface area contributed by atoms with Crippen LogP contribution in [0.3, 0.4) is 0 Å². The molecule has 0 radical (unpaired) electrons. The molecule has 1 aromatic rings. The van der Waals surface area contributed by atoms with E-state index < -0.39 is 0 Å². The first-order chi connectivity index (χ1) is 6.15. The third-order valence-corrected chi connectivity index (χ3v) is 2.85. The van der Waals surface area contributed by atoms with E-state index in [1.54, 1.807) is 0 Å². The molecule has 0 aliphatic heterocycles. The minimum atomic E-state index is 0.764. The zero-order chi connectivity index (χ0) is 9.84. The van der Waals surface area contributed by atoms with E-state index >= 15 is 0 Å². The van der Waals surface area contributed by atoms with Crippen LogP contribution in [0.2, 0.25) is 0 Å². The minimum absolute atomic E-state index is 0.764. The van der Waals surface area contributed by atoms with Crippen LogP contribution in [0.15, 0.2) is 12.5 Å². The zero-order valence-corrected chi connectivity index (χ0v) is 9.12. The fourth-order valence-electron chi connectivity index (χ4n) is 1.70. The minimum Gasteiger partial charge on any atom is -0.338 e. The molecule has 1 unspecified atom stereocenters. The summed E-state index contributed by atoms with van der Waals surface area (Å²) < 4.78 is 2.12. The number of hydrogen-bond acceptors (Lipinski definition) is 1. The fraction of sp³-hybridized carbons (Fsp3) is 0.727. The molecule has 0 aromatic carbocycles. The maximum absolute atomic E-state index is 4.13. The van der Waals surface area contributed by atoms with Crippen molar-refractivity contribution in [2.45, 2.75) is 33.6 Å². The van der Waals surface area contributed by atoms with E-state index in [9.17, 15) is 0 Å². The first-order valence-corrected chi connectivity index (χ1v) is 5.10. The van der Waals surface area contributed by atoms with E-state index in [4.69, 9.17) is 0 Å². The first kappa shape index (κ1) is 10.3. The lowest BCUT2D eigenvalue weighted by Crippen LogP contribution is -2.12. The largest absolute Gasteiger partial charge is 0.338 e. The van der Waals surface area contributed by atoms with Crippen molar-refractivity contribution in [2.75, 3.05) is 0 Å². The van der Waals surface area contributed by atoms with Gasteiger partial charge in [0, 0.05) is 18.9 Å². The first-order valence-electron chi connectivity index (χ1n) is 5.10. The Morgan fingerprint density at radius 1 is 1.46 bits per heavy atom. The Morgan fingerprint density at radius 2 is 2.15 bits per heavy atom.